The highest BCUT2D eigenvalue weighted by Crippen LogP contribution is 2.19. The fourth-order valence-corrected chi connectivity index (χ4v) is 3.61. The molecule has 8 nitrogen and oxygen atoms in total. The van der Waals surface area contributed by atoms with E-state index >= 15 is 0 Å². The monoisotopic (exact) mass is 373 g/mol. The van der Waals surface area contributed by atoms with Gasteiger partial charge < -0.3 is 10.2 Å². The van der Waals surface area contributed by atoms with Crippen LogP contribution in [0.15, 0.2) is 46.0 Å². The van der Waals surface area contributed by atoms with E-state index in [4.69, 9.17) is 0 Å². The molecular formula is C17H19N5O3S. The third-order valence-corrected chi connectivity index (χ3v) is 5.30. The lowest BCUT2D eigenvalue weighted by Crippen LogP contribution is -2.20. The van der Waals surface area contributed by atoms with E-state index < -0.39 is 15.9 Å². The van der Waals surface area contributed by atoms with Crippen LogP contribution < -0.4 is 5.32 Å². The van der Waals surface area contributed by atoms with Crippen LogP contribution in [0.1, 0.15) is 29.0 Å². The predicted molar refractivity (Wildman–Crippen MR) is 97.6 cm³/mol. The van der Waals surface area contributed by atoms with E-state index in [2.05, 4.69) is 19.7 Å². The van der Waals surface area contributed by atoms with Crippen molar-refractivity contribution >= 4 is 27.5 Å². The second-order valence-electron chi connectivity index (χ2n) is 6.03. The molecule has 2 aromatic rings. The third-order valence-electron chi connectivity index (χ3n) is 3.98. The number of benzene rings is 1. The van der Waals surface area contributed by atoms with E-state index in [-0.39, 0.29) is 10.6 Å². The highest BCUT2D eigenvalue weighted by molar-refractivity contribution is 7.90. The lowest BCUT2D eigenvalue weighted by molar-refractivity contribution is 0.102. The Morgan fingerprint density at radius 2 is 1.92 bits per heavy atom. The minimum absolute atomic E-state index is 0.0819. The summed E-state index contributed by atoms with van der Waals surface area (Å²) in [5, 5.41) is 2.66. The summed E-state index contributed by atoms with van der Waals surface area (Å²) in [6.45, 7) is 2.59. The number of hydrogen-bond acceptors (Lipinski definition) is 5. The van der Waals surface area contributed by atoms with Crippen molar-refractivity contribution in [3.63, 3.8) is 0 Å². The molecule has 1 aromatic carbocycles. The molecule has 0 spiro atoms. The van der Waals surface area contributed by atoms with E-state index in [1.807, 2.05) is 11.9 Å². The highest BCUT2D eigenvalue weighted by atomic mass is 32.2. The normalized spacial score (nSPS) is 16.1. The Hall–Kier alpha value is -2.81. The second-order valence-corrected chi connectivity index (χ2v) is 7.63. The summed E-state index contributed by atoms with van der Waals surface area (Å²) in [6, 6.07) is 5.88. The number of sulfonamides is 1. The summed E-state index contributed by atoms with van der Waals surface area (Å²) in [6.07, 6.45) is 4.45. The summed E-state index contributed by atoms with van der Waals surface area (Å²) in [5.41, 5.74) is 1.36. The molecule has 0 aliphatic carbocycles. The predicted octanol–water partition coefficient (Wildman–Crippen LogP) is 1.85. The van der Waals surface area contributed by atoms with Gasteiger partial charge in [-0.05, 0) is 37.6 Å². The maximum absolute atomic E-state index is 12.4. The molecule has 9 heteroatoms. The number of nitrogens with one attached hydrogen (secondary N) is 1. The minimum Gasteiger partial charge on any atom is -0.362 e. The number of rotatable bonds is 4. The summed E-state index contributed by atoms with van der Waals surface area (Å²) >= 11 is 0. The van der Waals surface area contributed by atoms with Crippen molar-refractivity contribution in [1.82, 2.24) is 14.9 Å². The van der Waals surface area contributed by atoms with Crippen molar-refractivity contribution in [3.05, 3.63) is 48.0 Å². The number of amidine groups is 1. The molecule has 1 aliphatic heterocycles. The van der Waals surface area contributed by atoms with E-state index in [0.717, 1.165) is 13.0 Å². The molecule has 3 rings (SSSR count). The van der Waals surface area contributed by atoms with Gasteiger partial charge in [0.05, 0.1) is 16.8 Å². The molecule has 1 N–H and O–H groups in total. The van der Waals surface area contributed by atoms with E-state index in [1.54, 1.807) is 6.92 Å². The molecule has 1 aliphatic rings. The fraction of sp³-hybridized carbons (Fsp3) is 0.294. The number of nitrogens with zero attached hydrogens (tertiary/aromatic N) is 4. The van der Waals surface area contributed by atoms with Crippen molar-refractivity contribution in [2.45, 2.75) is 24.7 Å². The zero-order chi connectivity index (χ0) is 18.7. The third kappa shape index (κ3) is 4.05. The maximum Gasteiger partial charge on any atom is 0.283 e. The average Bonchev–Trinajstić information content (AvgIpc) is 3.00. The van der Waals surface area contributed by atoms with Crippen molar-refractivity contribution < 1.29 is 13.2 Å². The molecule has 136 valence electrons. The van der Waals surface area contributed by atoms with Gasteiger partial charge in [-0.2, -0.15) is 8.42 Å². The van der Waals surface area contributed by atoms with Crippen molar-refractivity contribution in [2.24, 2.45) is 4.40 Å². The molecule has 0 bridgehead atoms. The lowest BCUT2D eigenvalue weighted by Gasteiger charge is -2.11. The van der Waals surface area contributed by atoms with Crippen LogP contribution in [-0.4, -0.2) is 48.6 Å². The summed E-state index contributed by atoms with van der Waals surface area (Å²) in [4.78, 5) is 22.1. The molecule has 1 amide bonds. The number of carbonyl (C=O) groups is 1. The SMILES string of the molecule is Cc1cnc(C(=O)Nc2ccc(S(=O)(=O)/N=C3\CCCN3C)cc2)cn1. The molecule has 1 fully saturated rings. The van der Waals surface area contributed by atoms with Gasteiger partial charge in [-0.25, -0.2) is 4.98 Å². The van der Waals surface area contributed by atoms with E-state index in [1.165, 1.54) is 36.7 Å². The van der Waals surface area contributed by atoms with Gasteiger partial charge in [0, 0.05) is 31.9 Å². The molecule has 0 saturated carbocycles. The topological polar surface area (TPSA) is 105 Å². The Balaban J connectivity index is 1.74. The first-order valence-electron chi connectivity index (χ1n) is 8.10. The van der Waals surface area contributed by atoms with Crippen LogP contribution in [0.25, 0.3) is 0 Å². The van der Waals surface area contributed by atoms with Gasteiger partial charge in [0.2, 0.25) is 0 Å². The van der Waals surface area contributed by atoms with E-state index in [0.29, 0.717) is 23.6 Å². The first-order valence-corrected chi connectivity index (χ1v) is 9.54. The molecule has 0 atom stereocenters. The first-order chi connectivity index (χ1) is 12.3. The van der Waals surface area contributed by atoms with Crippen LogP contribution in [0.2, 0.25) is 0 Å². The van der Waals surface area contributed by atoms with Crippen LogP contribution in [0.3, 0.4) is 0 Å². The minimum atomic E-state index is -3.77. The molecule has 1 saturated heterocycles. The summed E-state index contributed by atoms with van der Waals surface area (Å²) in [7, 11) is -1.94. The zero-order valence-corrected chi connectivity index (χ0v) is 15.3. The Labute approximate surface area is 152 Å². The van der Waals surface area contributed by atoms with Crippen LogP contribution >= 0.6 is 0 Å². The number of amides is 1. The quantitative estimate of drug-likeness (QED) is 0.877. The number of carbonyl (C=O) groups excluding carboxylic acids is 1. The summed E-state index contributed by atoms with van der Waals surface area (Å²) < 4.78 is 28.7. The van der Waals surface area contributed by atoms with Crippen LogP contribution in [0, 0.1) is 6.92 Å². The van der Waals surface area contributed by atoms with Gasteiger partial charge in [0.1, 0.15) is 11.5 Å². The molecular weight excluding hydrogens is 354 g/mol. The number of anilines is 1. The van der Waals surface area contributed by atoms with Crippen LogP contribution in [-0.2, 0) is 10.0 Å². The zero-order valence-electron chi connectivity index (χ0n) is 14.5. The largest absolute Gasteiger partial charge is 0.362 e. The lowest BCUT2D eigenvalue weighted by atomic mass is 10.3. The molecule has 2 heterocycles. The number of hydrogen-bond donors (Lipinski definition) is 1. The smallest absolute Gasteiger partial charge is 0.283 e. The van der Waals surface area contributed by atoms with Crippen molar-refractivity contribution in [1.29, 1.82) is 0 Å². The maximum atomic E-state index is 12.4. The summed E-state index contributed by atoms with van der Waals surface area (Å²) in [5.74, 6) is 0.154. The Kier molecular flexibility index (Phi) is 4.99. The van der Waals surface area contributed by atoms with Crippen molar-refractivity contribution in [2.75, 3.05) is 18.9 Å². The number of likely N-dealkylation sites (tertiary alicyclic amines) is 1. The van der Waals surface area contributed by atoms with Crippen LogP contribution in [0.5, 0.6) is 0 Å². The van der Waals surface area contributed by atoms with Gasteiger partial charge in [0.25, 0.3) is 15.9 Å². The fourth-order valence-electron chi connectivity index (χ4n) is 2.52. The highest BCUT2D eigenvalue weighted by Gasteiger charge is 2.20. The average molecular weight is 373 g/mol. The first kappa shape index (κ1) is 18.0. The Morgan fingerprint density at radius 1 is 1.19 bits per heavy atom. The van der Waals surface area contributed by atoms with Crippen molar-refractivity contribution in [3.8, 4) is 0 Å². The molecule has 0 unspecified atom stereocenters. The molecule has 1 aromatic heterocycles. The van der Waals surface area contributed by atoms with Gasteiger partial charge >= 0.3 is 0 Å². The number of aromatic nitrogens is 2. The number of aryl methyl sites for hydroxylation is 1. The molecule has 26 heavy (non-hydrogen) atoms. The van der Waals surface area contributed by atoms with Crippen LogP contribution in [0.4, 0.5) is 5.69 Å². The van der Waals surface area contributed by atoms with E-state index in [9.17, 15) is 13.2 Å². The van der Waals surface area contributed by atoms with Gasteiger partial charge in [-0.3, -0.25) is 9.78 Å². The van der Waals surface area contributed by atoms with Gasteiger partial charge in [-0.1, -0.05) is 0 Å². The van der Waals surface area contributed by atoms with Gasteiger partial charge in [0.15, 0.2) is 0 Å². The van der Waals surface area contributed by atoms with Gasteiger partial charge in [-0.15, -0.1) is 4.40 Å². The standard InChI is InChI=1S/C17H19N5O3S/c1-12-10-19-15(11-18-12)17(23)20-13-5-7-14(8-6-13)26(24,25)21-16-4-3-9-22(16)2/h5-8,10-11H,3-4,9H2,1-2H3,(H,20,23)/b21-16+. The molecule has 0 radical (unpaired) electrons. The Bertz CT molecular complexity index is 937. The second kappa shape index (κ2) is 7.20. The Morgan fingerprint density at radius 3 is 2.50 bits per heavy atom.